The molecule has 4 nitrogen and oxygen atoms in total. The van der Waals surface area contributed by atoms with Gasteiger partial charge in [-0.15, -0.1) is 21.0 Å². The van der Waals surface area contributed by atoms with Crippen molar-refractivity contribution in [3.05, 3.63) is 0 Å². The van der Waals surface area contributed by atoms with Crippen molar-refractivity contribution in [3.63, 3.8) is 0 Å². The van der Waals surface area contributed by atoms with Crippen LogP contribution in [0.1, 0.15) is 19.3 Å². The highest BCUT2D eigenvalue weighted by Gasteiger charge is 2.42. The molecule has 15 heavy (non-hydrogen) atoms. The van der Waals surface area contributed by atoms with Crippen molar-refractivity contribution in [3.8, 4) is 0 Å². The molecule has 3 N–H and O–H groups in total. The van der Waals surface area contributed by atoms with E-state index in [4.69, 9.17) is 10.5 Å². The molecule has 0 bridgehead atoms. The zero-order valence-electron chi connectivity index (χ0n) is 8.58. The summed E-state index contributed by atoms with van der Waals surface area (Å²) >= 11 is 1.73. The molecule has 86 valence electrons. The van der Waals surface area contributed by atoms with Crippen LogP contribution in [-0.4, -0.2) is 40.1 Å². The van der Waals surface area contributed by atoms with Gasteiger partial charge in [-0.25, -0.2) is 0 Å². The first-order chi connectivity index (χ1) is 7.08. The number of aliphatic carboxylic acids is 1. The van der Waals surface area contributed by atoms with Gasteiger partial charge in [-0.05, 0) is 12.8 Å². The maximum atomic E-state index is 10.3. The lowest BCUT2D eigenvalue weighted by molar-refractivity contribution is -0.136. The number of rotatable bonds is 8. The summed E-state index contributed by atoms with van der Waals surface area (Å²) in [7, 11) is 2.54. The second-order valence-electron chi connectivity index (χ2n) is 3.66. The van der Waals surface area contributed by atoms with Crippen molar-refractivity contribution < 1.29 is 9.90 Å². The summed E-state index contributed by atoms with van der Waals surface area (Å²) in [5.41, 5.74) is 0.719. The minimum absolute atomic E-state index is 0.0710. The summed E-state index contributed by atoms with van der Waals surface area (Å²) in [6, 6.07) is 0. The predicted molar refractivity (Wildman–Crippen MR) is 67.0 cm³/mol. The van der Waals surface area contributed by atoms with Crippen LogP contribution in [0.5, 0.6) is 0 Å². The van der Waals surface area contributed by atoms with Gasteiger partial charge in [0.05, 0.1) is 11.3 Å². The molecular weight excluding hydrogens is 231 g/mol. The maximum Gasteiger partial charge on any atom is 0.304 e. The molecule has 1 rings (SSSR count). The fourth-order valence-electron chi connectivity index (χ4n) is 1.17. The van der Waals surface area contributed by atoms with Gasteiger partial charge in [0.15, 0.2) is 0 Å². The van der Waals surface area contributed by atoms with Crippen molar-refractivity contribution in [1.82, 2.24) is 5.32 Å². The van der Waals surface area contributed by atoms with E-state index in [9.17, 15) is 4.79 Å². The molecule has 0 spiro atoms. The normalized spacial score (nSPS) is 17.4. The van der Waals surface area contributed by atoms with E-state index < -0.39 is 5.97 Å². The average Bonchev–Trinajstić information content (AvgIpc) is 2.95. The van der Waals surface area contributed by atoms with Gasteiger partial charge in [0.25, 0.3) is 0 Å². The molecule has 0 aromatic heterocycles. The van der Waals surface area contributed by atoms with Gasteiger partial charge in [0.2, 0.25) is 0 Å². The third-order valence-electron chi connectivity index (χ3n) is 2.26. The predicted octanol–water partition coefficient (Wildman–Crippen LogP) is 1.17. The second kappa shape index (κ2) is 5.83. The quantitative estimate of drug-likeness (QED) is 0.342. The summed E-state index contributed by atoms with van der Waals surface area (Å²) < 4.78 is 0. The first-order valence-electron chi connectivity index (χ1n) is 4.95. The summed E-state index contributed by atoms with van der Waals surface area (Å²) in [6.07, 6.45) is 3.06. The van der Waals surface area contributed by atoms with Crippen molar-refractivity contribution in [2.45, 2.75) is 24.1 Å². The molecule has 0 radical (unpaired) electrons. The lowest BCUT2D eigenvalue weighted by Crippen LogP contribution is -2.31. The summed E-state index contributed by atoms with van der Waals surface area (Å²) in [6.45, 7) is 0.524. The van der Waals surface area contributed by atoms with E-state index >= 15 is 0 Å². The molecule has 0 aromatic carbocycles. The Morgan fingerprint density at radius 1 is 1.60 bits per heavy atom. The maximum absolute atomic E-state index is 10.3. The van der Waals surface area contributed by atoms with Gasteiger partial charge >= 0.3 is 5.97 Å². The van der Waals surface area contributed by atoms with E-state index in [2.05, 4.69) is 14.6 Å². The van der Waals surface area contributed by atoms with Crippen molar-refractivity contribution in [2.75, 3.05) is 18.5 Å². The molecule has 0 saturated heterocycles. The number of hydrogen-bond acceptors (Lipinski definition) is 4. The minimum Gasteiger partial charge on any atom is -0.481 e. The van der Waals surface area contributed by atoms with E-state index in [1.165, 1.54) is 0 Å². The van der Waals surface area contributed by atoms with Crippen LogP contribution >= 0.6 is 21.0 Å². The molecule has 1 aliphatic rings. The van der Waals surface area contributed by atoms with Gasteiger partial charge in [-0.3, -0.25) is 4.79 Å². The molecule has 0 amide bonds. The topological polar surface area (TPSA) is 73.2 Å². The fourth-order valence-corrected chi connectivity index (χ4v) is 2.68. The summed E-state index contributed by atoms with van der Waals surface area (Å²) in [4.78, 5) is 10.4. The molecule has 1 atom stereocenters. The first-order valence-corrected chi connectivity index (χ1v) is 6.75. The Balaban J connectivity index is 2.16. The average molecular weight is 248 g/mol. The minimum atomic E-state index is -0.763. The largest absolute Gasteiger partial charge is 0.481 e. The molecule has 6 heteroatoms. The van der Waals surface area contributed by atoms with Gasteiger partial charge in [-0.2, -0.15) is 0 Å². The molecular formula is C9H17N2O2PS. The smallest absolute Gasteiger partial charge is 0.304 e. The highest BCUT2D eigenvalue weighted by atomic mass is 32.2. The lowest BCUT2D eigenvalue weighted by atomic mass is 10.4. The monoisotopic (exact) mass is 248 g/mol. The number of carbonyl (C=O) groups is 1. The third kappa shape index (κ3) is 4.96. The highest BCUT2D eigenvalue weighted by molar-refractivity contribution is 8.01. The molecule has 0 aliphatic heterocycles. The highest BCUT2D eigenvalue weighted by Crippen LogP contribution is 2.45. The number of carboxylic acid groups (broad SMARTS) is 1. The van der Waals surface area contributed by atoms with Crippen LogP contribution in [0.3, 0.4) is 0 Å². The van der Waals surface area contributed by atoms with E-state index in [1.807, 2.05) is 0 Å². The van der Waals surface area contributed by atoms with Crippen LogP contribution in [-0.2, 0) is 4.79 Å². The van der Waals surface area contributed by atoms with E-state index in [-0.39, 0.29) is 11.3 Å². The standard InChI is InChI=1S/C9H17N2O2PS/c10-7(5-14)6-15-9(2-3-9)11-4-1-8(12)13/h10-11H,1-6,14H2,(H,12,13). The molecule has 0 aromatic rings. The second-order valence-corrected chi connectivity index (χ2v) is 5.43. The lowest BCUT2D eigenvalue weighted by Gasteiger charge is -2.16. The number of thioether (sulfide) groups is 1. The summed E-state index contributed by atoms with van der Waals surface area (Å²) in [5.74, 6) is -0.0233. The van der Waals surface area contributed by atoms with Crippen LogP contribution in [0.2, 0.25) is 0 Å². The van der Waals surface area contributed by atoms with E-state index in [1.54, 1.807) is 11.8 Å². The first kappa shape index (κ1) is 12.9. The van der Waals surface area contributed by atoms with Crippen LogP contribution in [0.4, 0.5) is 0 Å². The number of nitrogens with one attached hydrogen (secondary N) is 2. The zero-order valence-corrected chi connectivity index (χ0v) is 10.6. The van der Waals surface area contributed by atoms with Gasteiger partial charge in [0.1, 0.15) is 0 Å². The Morgan fingerprint density at radius 2 is 2.27 bits per heavy atom. The Morgan fingerprint density at radius 3 is 2.73 bits per heavy atom. The van der Waals surface area contributed by atoms with Crippen molar-refractivity contribution >= 4 is 32.7 Å². The number of carboxylic acids is 1. The van der Waals surface area contributed by atoms with E-state index in [0.717, 1.165) is 30.5 Å². The van der Waals surface area contributed by atoms with Gasteiger partial charge < -0.3 is 15.8 Å². The molecule has 1 saturated carbocycles. The Hall–Kier alpha value is -0.120. The summed E-state index contributed by atoms with van der Waals surface area (Å²) in [5, 5.41) is 19.3. The van der Waals surface area contributed by atoms with Crippen molar-refractivity contribution in [1.29, 1.82) is 5.41 Å². The van der Waals surface area contributed by atoms with Gasteiger partial charge in [-0.1, -0.05) is 0 Å². The SMILES string of the molecule is N=C(CP)CSC1(NCCC(=O)O)CC1. The van der Waals surface area contributed by atoms with Gasteiger partial charge in [0, 0.05) is 24.2 Å². The van der Waals surface area contributed by atoms with Crippen LogP contribution in [0.15, 0.2) is 0 Å². The van der Waals surface area contributed by atoms with Crippen LogP contribution in [0.25, 0.3) is 0 Å². The Bertz CT molecular complexity index is 256. The fraction of sp³-hybridized carbons (Fsp3) is 0.778. The number of hydrogen-bond donors (Lipinski definition) is 3. The Labute approximate surface area is 96.3 Å². The van der Waals surface area contributed by atoms with E-state index in [0.29, 0.717) is 6.54 Å². The van der Waals surface area contributed by atoms with Crippen LogP contribution < -0.4 is 5.32 Å². The van der Waals surface area contributed by atoms with Crippen LogP contribution in [0, 0.1) is 5.41 Å². The Kier molecular flexibility index (Phi) is 5.03. The molecule has 1 fully saturated rings. The zero-order chi connectivity index (χ0) is 11.3. The van der Waals surface area contributed by atoms with Crippen molar-refractivity contribution in [2.24, 2.45) is 0 Å². The molecule has 1 unspecified atom stereocenters. The molecule has 1 aliphatic carbocycles. The third-order valence-corrected chi connectivity index (χ3v) is 4.35. The molecule has 0 heterocycles.